The van der Waals surface area contributed by atoms with E-state index in [-0.39, 0.29) is 5.91 Å². The molecule has 1 amide bonds. The highest BCUT2D eigenvalue weighted by atomic mass is 35.5. The number of hydrogen-bond donors (Lipinski definition) is 1. The summed E-state index contributed by atoms with van der Waals surface area (Å²) < 4.78 is 7.31. The molecule has 0 bridgehead atoms. The number of pyridine rings is 1. The predicted octanol–water partition coefficient (Wildman–Crippen LogP) is 4.39. The smallest absolute Gasteiger partial charge is 0.220 e. The number of amides is 1. The van der Waals surface area contributed by atoms with Crippen molar-refractivity contribution < 1.29 is 9.53 Å². The minimum atomic E-state index is -0.0223. The third kappa shape index (κ3) is 5.22. The van der Waals surface area contributed by atoms with Crippen LogP contribution in [0.15, 0.2) is 66.9 Å². The number of carbonyl (C=O) groups is 1. The summed E-state index contributed by atoms with van der Waals surface area (Å²) in [5.74, 6) is 1.63. The van der Waals surface area contributed by atoms with Crippen LogP contribution in [0, 0.1) is 0 Å². The van der Waals surface area contributed by atoms with Crippen LogP contribution in [0.25, 0.3) is 11.2 Å². The Kier molecular flexibility index (Phi) is 6.48. The second-order valence-corrected chi connectivity index (χ2v) is 7.65. The Morgan fingerprint density at radius 2 is 1.81 bits per heavy atom. The zero-order valence-corrected chi connectivity index (χ0v) is 18.0. The molecule has 31 heavy (non-hydrogen) atoms. The Balaban J connectivity index is 1.45. The summed E-state index contributed by atoms with van der Waals surface area (Å²) in [6.07, 6.45) is 2.63. The van der Waals surface area contributed by atoms with Gasteiger partial charge in [-0.1, -0.05) is 35.9 Å². The normalized spacial score (nSPS) is 10.9. The van der Waals surface area contributed by atoms with Crippen LogP contribution in [0.2, 0.25) is 5.02 Å². The van der Waals surface area contributed by atoms with Crippen LogP contribution in [0.1, 0.15) is 23.4 Å². The number of aryl methyl sites for hydroxylation is 1. The van der Waals surface area contributed by atoms with Crippen molar-refractivity contribution in [3.05, 3.63) is 88.8 Å². The van der Waals surface area contributed by atoms with Crippen molar-refractivity contribution in [1.82, 2.24) is 19.9 Å². The van der Waals surface area contributed by atoms with Crippen LogP contribution in [0.5, 0.6) is 5.75 Å². The molecule has 0 radical (unpaired) electrons. The van der Waals surface area contributed by atoms with Crippen LogP contribution in [0.4, 0.5) is 0 Å². The van der Waals surface area contributed by atoms with E-state index < -0.39 is 0 Å². The summed E-state index contributed by atoms with van der Waals surface area (Å²) >= 11 is 5.91. The first kappa shape index (κ1) is 20.9. The number of nitrogens with one attached hydrogen (secondary N) is 1. The zero-order chi connectivity index (χ0) is 21.6. The molecule has 7 heteroatoms. The van der Waals surface area contributed by atoms with Gasteiger partial charge in [-0.25, -0.2) is 9.97 Å². The van der Waals surface area contributed by atoms with Crippen molar-refractivity contribution in [2.45, 2.75) is 25.9 Å². The molecule has 4 rings (SSSR count). The van der Waals surface area contributed by atoms with E-state index in [1.165, 1.54) is 0 Å². The highest BCUT2D eigenvalue weighted by Gasteiger charge is 2.14. The lowest BCUT2D eigenvalue weighted by Crippen LogP contribution is -2.23. The molecule has 0 spiro atoms. The van der Waals surface area contributed by atoms with Gasteiger partial charge in [-0.05, 0) is 47.5 Å². The van der Waals surface area contributed by atoms with Gasteiger partial charge in [0.25, 0.3) is 0 Å². The minimum absolute atomic E-state index is 0.0223. The van der Waals surface area contributed by atoms with Gasteiger partial charge in [-0.15, -0.1) is 0 Å². The molecule has 0 atom stereocenters. The molecule has 0 aliphatic heterocycles. The fraction of sp³-hybridized carbons (Fsp3) is 0.208. The average molecular weight is 435 g/mol. The fourth-order valence-corrected chi connectivity index (χ4v) is 3.52. The molecule has 6 nitrogen and oxygen atoms in total. The summed E-state index contributed by atoms with van der Waals surface area (Å²) in [4.78, 5) is 21.6. The molecule has 1 N–H and O–H groups in total. The van der Waals surface area contributed by atoms with Crippen molar-refractivity contribution in [2.24, 2.45) is 0 Å². The highest BCUT2D eigenvalue weighted by Crippen LogP contribution is 2.19. The Labute approximate surface area is 185 Å². The van der Waals surface area contributed by atoms with Gasteiger partial charge in [-0.2, -0.15) is 0 Å². The lowest BCUT2D eigenvalue weighted by Gasteiger charge is -2.10. The monoisotopic (exact) mass is 434 g/mol. The van der Waals surface area contributed by atoms with Crippen LogP contribution in [-0.2, 0) is 24.3 Å². The van der Waals surface area contributed by atoms with Gasteiger partial charge in [-0.3, -0.25) is 4.79 Å². The summed E-state index contributed by atoms with van der Waals surface area (Å²) in [6.45, 7) is 1.10. The van der Waals surface area contributed by atoms with Gasteiger partial charge in [0.05, 0.1) is 13.7 Å². The first-order valence-electron chi connectivity index (χ1n) is 10.1. The van der Waals surface area contributed by atoms with Crippen molar-refractivity contribution >= 4 is 28.7 Å². The maximum absolute atomic E-state index is 12.4. The maximum atomic E-state index is 12.4. The SMILES string of the molecule is COc1ccc(Cn2c(CCC(=O)NCc3ccc(Cl)cc3)nc3cccnc32)cc1. The number of hydrogen-bond acceptors (Lipinski definition) is 4. The van der Waals surface area contributed by atoms with Gasteiger partial charge in [0.15, 0.2) is 5.65 Å². The van der Waals surface area contributed by atoms with Crippen molar-refractivity contribution in [3.8, 4) is 5.75 Å². The Bertz CT molecular complexity index is 1170. The summed E-state index contributed by atoms with van der Waals surface area (Å²) in [5, 5.41) is 3.64. The number of imidazole rings is 1. The average Bonchev–Trinajstić information content (AvgIpc) is 3.15. The predicted molar refractivity (Wildman–Crippen MR) is 121 cm³/mol. The second-order valence-electron chi connectivity index (χ2n) is 7.21. The number of halogens is 1. The topological polar surface area (TPSA) is 69.0 Å². The molecule has 4 aromatic rings. The quantitative estimate of drug-likeness (QED) is 0.446. The minimum Gasteiger partial charge on any atom is -0.497 e. The molecular weight excluding hydrogens is 412 g/mol. The molecule has 0 saturated carbocycles. The molecule has 158 valence electrons. The molecule has 0 saturated heterocycles. The molecule has 0 fully saturated rings. The van der Waals surface area contributed by atoms with Crippen molar-refractivity contribution in [2.75, 3.05) is 7.11 Å². The number of nitrogens with zero attached hydrogens (tertiary/aromatic N) is 3. The van der Waals surface area contributed by atoms with Crippen LogP contribution >= 0.6 is 11.6 Å². The van der Waals surface area contributed by atoms with E-state index in [2.05, 4.69) is 14.9 Å². The van der Waals surface area contributed by atoms with Crippen molar-refractivity contribution in [3.63, 3.8) is 0 Å². The van der Waals surface area contributed by atoms with Crippen LogP contribution < -0.4 is 10.1 Å². The van der Waals surface area contributed by atoms with Gasteiger partial charge in [0.2, 0.25) is 5.91 Å². The van der Waals surface area contributed by atoms with E-state index in [0.717, 1.165) is 33.9 Å². The van der Waals surface area contributed by atoms with E-state index in [4.69, 9.17) is 21.3 Å². The Morgan fingerprint density at radius 1 is 1.06 bits per heavy atom. The lowest BCUT2D eigenvalue weighted by molar-refractivity contribution is -0.121. The van der Waals surface area contributed by atoms with E-state index in [9.17, 15) is 4.79 Å². The first-order valence-corrected chi connectivity index (χ1v) is 10.4. The number of carbonyl (C=O) groups excluding carboxylic acids is 1. The Morgan fingerprint density at radius 3 is 2.55 bits per heavy atom. The third-order valence-electron chi connectivity index (χ3n) is 5.06. The Hall–Kier alpha value is -3.38. The molecular formula is C24H23ClN4O2. The first-order chi connectivity index (χ1) is 15.1. The molecule has 0 unspecified atom stereocenters. The number of methoxy groups -OCH3 is 1. The number of aromatic nitrogens is 3. The number of rotatable bonds is 8. The van der Waals surface area contributed by atoms with E-state index in [1.807, 2.05) is 60.7 Å². The number of benzene rings is 2. The van der Waals surface area contributed by atoms with Gasteiger partial charge < -0.3 is 14.6 Å². The van der Waals surface area contributed by atoms with E-state index in [1.54, 1.807) is 13.3 Å². The maximum Gasteiger partial charge on any atom is 0.220 e. The molecule has 2 heterocycles. The van der Waals surface area contributed by atoms with Gasteiger partial charge >= 0.3 is 0 Å². The number of ether oxygens (including phenoxy) is 1. The summed E-state index contributed by atoms with van der Waals surface area (Å²) in [6, 6.07) is 19.2. The molecule has 2 aromatic carbocycles. The number of fused-ring (bicyclic) bond motifs is 1. The van der Waals surface area contributed by atoms with Gasteiger partial charge in [0, 0.05) is 30.6 Å². The van der Waals surface area contributed by atoms with E-state index >= 15 is 0 Å². The highest BCUT2D eigenvalue weighted by molar-refractivity contribution is 6.30. The molecule has 2 aromatic heterocycles. The summed E-state index contributed by atoms with van der Waals surface area (Å²) in [7, 11) is 1.65. The van der Waals surface area contributed by atoms with Gasteiger partial charge in [0.1, 0.15) is 17.1 Å². The standard InChI is InChI=1S/C24H23ClN4O2/c1-31-20-10-6-18(7-11-20)16-29-22(28-21-3-2-14-26-24(21)29)12-13-23(30)27-15-17-4-8-19(25)9-5-17/h2-11,14H,12-13,15-16H2,1H3,(H,27,30). The second kappa shape index (κ2) is 9.62. The zero-order valence-electron chi connectivity index (χ0n) is 17.2. The molecule has 0 aliphatic rings. The third-order valence-corrected chi connectivity index (χ3v) is 5.31. The van der Waals surface area contributed by atoms with Crippen LogP contribution in [0.3, 0.4) is 0 Å². The summed E-state index contributed by atoms with van der Waals surface area (Å²) in [5.41, 5.74) is 3.76. The van der Waals surface area contributed by atoms with Crippen molar-refractivity contribution in [1.29, 1.82) is 0 Å². The largest absolute Gasteiger partial charge is 0.497 e. The lowest BCUT2D eigenvalue weighted by atomic mass is 10.2. The molecule has 0 aliphatic carbocycles. The fourth-order valence-electron chi connectivity index (χ4n) is 3.39. The van der Waals surface area contributed by atoms with Crippen LogP contribution in [-0.4, -0.2) is 27.6 Å². The van der Waals surface area contributed by atoms with E-state index in [0.29, 0.717) is 31.0 Å².